The molecule has 96 valence electrons. The molecule has 1 aliphatic carbocycles. The molecule has 2 rings (SSSR count). The van der Waals surface area contributed by atoms with Crippen LogP contribution in [0.4, 0.5) is 5.69 Å². The summed E-state index contributed by atoms with van der Waals surface area (Å²) in [4.78, 5) is 1.06. The van der Waals surface area contributed by atoms with E-state index in [0.717, 1.165) is 16.1 Å². The van der Waals surface area contributed by atoms with Gasteiger partial charge in [-0.3, -0.25) is 0 Å². The zero-order chi connectivity index (χ0) is 13.2. The van der Waals surface area contributed by atoms with Crippen molar-refractivity contribution in [2.24, 2.45) is 5.41 Å². The Hall–Kier alpha value is -1.14. The molecule has 1 saturated carbocycles. The van der Waals surface area contributed by atoms with Crippen LogP contribution in [0.1, 0.15) is 38.7 Å². The van der Waals surface area contributed by atoms with Crippen molar-refractivity contribution < 1.29 is 0 Å². The third kappa shape index (κ3) is 2.81. The molecule has 0 aromatic heterocycles. The molecule has 3 heteroatoms. The number of nitrogens with zero attached hydrogens (tertiary/aromatic N) is 1. The second kappa shape index (κ2) is 5.24. The van der Waals surface area contributed by atoms with Gasteiger partial charge in [0.15, 0.2) is 0 Å². The van der Waals surface area contributed by atoms with Crippen molar-refractivity contribution in [3.05, 3.63) is 23.8 Å². The summed E-state index contributed by atoms with van der Waals surface area (Å²) in [5.41, 5.74) is 2.21. The molecule has 0 aliphatic heterocycles. The Labute approximate surface area is 114 Å². The lowest BCUT2D eigenvalue weighted by atomic mass is 9.92. The van der Waals surface area contributed by atoms with Crippen molar-refractivity contribution in [1.82, 2.24) is 0 Å². The number of rotatable bonds is 3. The van der Waals surface area contributed by atoms with Crippen molar-refractivity contribution in [3.8, 4) is 6.07 Å². The van der Waals surface area contributed by atoms with Crippen molar-refractivity contribution in [1.29, 1.82) is 5.26 Å². The second-order valence-corrected chi connectivity index (χ2v) is 6.59. The van der Waals surface area contributed by atoms with Crippen molar-refractivity contribution in [2.75, 3.05) is 11.6 Å². The first-order valence-electron chi connectivity index (χ1n) is 6.39. The first-order valence-corrected chi connectivity index (χ1v) is 7.62. The highest BCUT2D eigenvalue weighted by molar-refractivity contribution is 7.98. The standard InChI is InChI=1S/C15H20N2S/c1-15(2)8-7-11(9-15)17-13-5-4-6-14(18-3)12(13)10-16/h4-6,11,17H,7-9H2,1-3H3. The van der Waals surface area contributed by atoms with Crippen LogP contribution in [0.15, 0.2) is 23.1 Å². The molecule has 1 atom stereocenters. The number of nitriles is 1. The van der Waals surface area contributed by atoms with Crippen LogP contribution in [0.25, 0.3) is 0 Å². The van der Waals surface area contributed by atoms with Gasteiger partial charge in [-0.15, -0.1) is 11.8 Å². The van der Waals surface area contributed by atoms with Gasteiger partial charge in [0.1, 0.15) is 6.07 Å². The minimum atomic E-state index is 0.432. The van der Waals surface area contributed by atoms with Crippen LogP contribution in [0.3, 0.4) is 0 Å². The normalized spacial score (nSPS) is 21.6. The van der Waals surface area contributed by atoms with Gasteiger partial charge in [-0.05, 0) is 43.1 Å². The maximum absolute atomic E-state index is 9.30. The van der Waals surface area contributed by atoms with Gasteiger partial charge in [0.05, 0.1) is 11.3 Å². The number of hydrogen-bond donors (Lipinski definition) is 1. The molecule has 2 nitrogen and oxygen atoms in total. The lowest BCUT2D eigenvalue weighted by molar-refractivity contribution is 0.378. The van der Waals surface area contributed by atoms with E-state index < -0.39 is 0 Å². The Kier molecular flexibility index (Phi) is 3.87. The van der Waals surface area contributed by atoms with Crippen LogP contribution in [0, 0.1) is 16.7 Å². The van der Waals surface area contributed by atoms with E-state index in [0.29, 0.717) is 11.5 Å². The van der Waals surface area contributed by atoms with Crippen molar-refractivity contribution in [2.45, 2.75) is 44.0 Å². The fourth-order valence-electron chi connectivity index (χ4n) is 2.72. The molecular formula is C15H20N2S. The zero-order valence-corrected chi connectivity index (χ0v) is 12.1. The summed E-state index contributed by atoms with van der Waals surface area (Å²) < 4.78 is 0. The maximum atomic E-state index is 9.30. The zero-order valence-electron chi connectivity index (χ0n) is 11.3. The number of hydrogen-bond acceptors (Lipinski definition) is 3. The van der Waals surface area contributed by atoms with E-state index >= 15 is 0 Å². The topological polar surface area (TPSA) is 35.8 Å². The molecule has 0 bridgehead atoms. The fraction of sp³-hybridized carbons (Fsp3) is 0.533. The molecule has 0 amide bonds. The summed E-state index contributed by atoms with van der Waals surface area (Å²) in [6.45, 7) is 4.64. The Morgan fingerprint density at radius 3 is 2.78 bits per heavy atom. The highest BCUT2D eigenvalue weighted by Gasteiger charge is 2.31. The van der Waals surface area contributed by atoms with Gasteiger partial charge in [-0.1, -0.05) is 19.9 Å². The minimum Gasteiger partial charge on any atom is -0.381 e. The van der Waals surface area contributed by atoms with Crippen LogP contribution in [-0.4, -0.2) is 12.3 Å². The molecule has 1 unspecified atom stereocenters. The summed E-state index contributed by atoms with van der Waals surface area (Å²) in [5, 5.41) is 12.9. The van der Waals surface area contributed by atoms with Gasteiger partial charge < -0.3 is 5.32 Å². The molecular weight excluding hydrogens is 240 g/mol. The van der Waals surface area contributed by atoms with Gasteiger partial charge >= 0.3 is 0 Å². The summed E-state index contributed by atoms with van der Waals surface area (Å²) in [6.07, 6.45) is 5.65. The van der Waals surface area contributed by atoms with Gasteiger partial charge in [0.25, 0.3) is 0 Å². The van der Waals surface area contributed by atoms with Crippen LogP contribution >= 0.6 is 11.8 Å². The van der Waals surface area contributed by atoms with Crippen LogP contribution in [0.5, 0.6) is 0 Å². The number of nitrogens with one attached hydrogen (secondary N) is 1. The summed E-state index contributed by atoms with van der Waals surface area (Å²) >= 11 is 1.63. The van der Waals surface area contributed by atoms with E-state index in [1.54, 1.807) is 11.8 Å². The third-order valence-electron chi connectivity index (χ3n) is 3.69. The van der Waals surface area contributed by atoms with E-state index in [1.165, 1.54) is 19.3 Å². The maximum Gasteiger partial charge on any atom is 0.102 e. The summed E-state index contributed by atoms with van der Waals surface area (Å²) in [7, 11) is 0. The SMILES string of the molecule is CSc1cccc(NC2CCC(C)(C)C2)c1C#N. The first-order chi connectivity index (χ1) is 8.55. The highest BCUT2D eigenvalue weighted by atomic mass is 32.2. The van der Waals surface area contributed by atoms with Gasteiger partial charge in [-0.2, -0.15) is 5.26 Å². The predicted molar refractivity (Wildman–Crippen MR) is 78.0 cm³/mol. The second-order valence-electron chi connectivity index (χ2n) is 5.74. The number of thioether (sulfide) groups is 1. The largest absolute Gasteiger partial charge is 0.381 e. The molecule has 1 N–H and O–H groups in total. The third-order valence-corrected chi connectivity index (χ3v) is 4.47. The van der Waals surface area contributed by atoms with Crippen molar-refractivity contribution in [3.63, 3.8) is 0 Å². The Morgan fingerprint density at radius 2 is 2.22 bits per heavy atom. The van der Waals surface area contributed by atoms with Gasteiger partial charge in [-0.25, -0.2) is 0 Å². The average molecular weight is 260 g/mol. The molecule has 0 spiro atoms. The lowest BCUT2D eigenvalue weighted by Crippen LogP contribution is -2.18. The van der Waals surface area contributed by atoms with Crippen LogP contribution in [0.2, 0.25) is 0 Å². The summed E-state index contributed by atoms with van der Waals surface area (Å²) in [5.74, 6) is 0. The molecule has 0 heterocycles. The Bertz CT molecular complexity index is 474. The predicted octanol–water partition coefficient (Wildman–Crippen LogP) is 4.27. The van der Waals surface area contributed by atoms with Crippen LogP contribution in [-0.2, 0) is 0 Å². The highest BCUT2D eigenvalue weighted by Crippen LogP contribution is 2.39. The first kappa shape index (κ1) is 13.3. The van der Waals surface area contributed by atoms with E-state index in [-0.39, 0.29) is 0 Å². The number of benzene rings is 1. The summed E-state index contributed by atoms with van der Waals surface area (Å²) in [6, 6.07) is 8.88. The smallest absolute Gasteiger partial charge is 0.102 e. The monoisotopic (exact) mass is 260 g/mol. The average Bonchev–Trinajstić information content (AvgIpc) is 2.68. The minimum absolute atomic E-state index is 0.432. The van der Waals surface area contributed by atoms with E-state index in [4.69, 9.17) is 0 Å². The Morgan fingerprint density at radius 1 is 1.44 bits per heavy atom. The molecule has 18 heavy (non-hydrogen) atoms. The molecule has 1 aromatic carbocycles. The fourth-order valence-corrected chi connectivity index (χ4v) is 3.29. The molecule has 1 fully saturated rings. The van der Waals surface area contributed by atoms with E-state index in [2.05, 4.69) is 25.2 Å². The quantitative estimate of drug-likeness (QED) is 0.824. The Balaban J connectivity index is 2.18. The molecule has 0 saturated heterocycles. The van der Waals surface area contributed by atoms with Gasteiger partial charge in [0.2, 0.25) is 0 Å². The molecule has 0 radical (unpaired) electrons. The van der Waals surface area contributed by atoms with Gasteiger partial charge in [0, 0.05) is 10.9 Å². The van der Waals surface area contributed by atoms with E-state index in [1.807, 2.05) is 24.5 Å². The lowest BCUT2D eigenvalue weighted by Gasteiger charge is -2.19. The van der Waals surface area contributed by atoms with Crippen LogP contribution < -0.4 is 5.32 Å². The van der Waals surface area contributed by atoms with Crippen molar-refractivity contribution >= 4 is 17.4 Å². The number of anilines is 1. The molecule has 1 aliphatic rings. The van der Waals surface area contributed by atoms with E-state index in [9.17, 15) is 5.26 Å². The molecule has 1 aromatic rings.